The van der Waals surface area contributed by atoms with Crippen molar-refractivity contribution in [2.75, 3.05) is 5.32 Å². The van der Waals surface area contributed by atoms with Crippen LogP contribution in [0.25, 0.3) is 0 Å². The van der Waals surface area contributed by atoms with Crippen LogP contribution < -0.4 is 5.32 Å². The molecule has 1 amide bonds. The van der Waals surface area contributed by atoms with E-state index in [4.69, 9.17) is 0 Å². The Balaban J connectivity index is 1.57. The average Bonchev–Trinajstić information content (AvgIpc) is 3.26. The predicted octanol–water partition coefficient (Wildman–Crippen LogP) is 4.01. The zero-order chi connectivity index (χ0) is 17.6. The fourth-order valence-electron chi connectivity index (χ4n) is 2.27. The van der Waals surface area contributed by atoms with E-state index in [9.17, 15) is 4.79 Å². The molecule has 0 radical (unpaired) electrons. The van der Waals surface area contributed by atoms with E-state index in [1.165, 1.54) is 22.2 Å². The highest BCUT2D eigenvalue weighted by Gasteiger charge is 2.18. The van der Waals surface area contributed by atoms with Crippen molar-refractivity contribution in [2.24, 2.45) is 0 Å². The molecule has 3 rings (SSSR count). The lowest BCUT2D eigenvalue weighted by atomic mass is 10.2. The third kappa shape index (κ3) is 4.93. The van der Waals surface area contributed by atoms with Crippen molar-refractivity contribution in [1.29, 1.82) is 0 Å². The number of anilines is 1. The number of aromatic nitrogens is 3. The molecule has 2 aromatic heterocycles. The van der Waals surface area contributed by atoms with Crippen LogP contribution in [0.5, 0.6) is 0 Å². The highest BCUT2D eigenvalue weighted by molar-refractivity contribution is 8.00. The molecule has 0 spiro atoms. The molecule has 1 N–H and O–H groups in total. The molecule has 0 bridgehead atoms. The predicted molar refractivity (Wildman–Crippen MR) is 103 cm³/mol. The fourth-order valence-corrected chi connectivity index (χ4v) is 3.82. The van der Waals surface area contributed by atoms with Gasteiger partial charge in [-0.25, -0.2) is 0 Å². The zero-order valence-corrected chi connectivity index (χ0v) is 15.8. The second kappa shape index (κ2) is 8.31. The number of carbonyl (C=O) groups is 1. The molecule has 0 fully saturated rings. The Hall–Kier alpha value is -2.12. The molecule has 1 atom stereocenters. The second-order valence-electron chi connectivity index (χ2n) is 5.75. The average molecular weight is 373 g/mol. The summed E-state index contributed by atoms with van der Waals surface area (Å²) in [7, 11) is 0. The summed E-state index contributed by atoms with van der Waals surface area (Å²) in [5.41, 5.74) is 1.97. The van der Waals surface area contributed by atoms with Crippen molar-refractivity contribution >= 4 is 34.7 Å². The van der Waals surface area contributed by atoms with Gasteiger partial charge < -0.3 is 9.88 Å². The van der Waals surface area contributed by atoms with Gasteiger partial charge in [-0.2, -0.15) is 0 Å². The molecule has 0 saturated carbocycles. The number of hydrogen-bond acceptors (Lipinski definition) is 5. The van der Waals surface area contributed by atoms with Crippen molar-refractivity contribution < 1.29 is 4.79 Å². The zero-order valence-electron chi connectivity index (χ0n) is 14.2. The monoisotopic (exact) mass is 372 g/mol. The van der Waals surface area contributed by atoms with Crippen molar-refractivity contribution in [3.8, 4) is 0 Å². The second-order valence-corrected chi connectivity index (χ2v) is 8.09. The van der Waals surface area contributed by atoms with E-state index in [0.717, 1.165) is 23.8 Å². The van der Waals surface area contributed by atoms with Crippen LogP contribution >= 0.6 is 23.1 Å². The number of rotatable bonds is 7. The number of benzene rings is 1. The molecule has 0 aliphatic carbocycles. The largest absolute Gasteiger partial charge is 0.325 e. The first-order valence-corrected chi connectivity index (χ1v) is 9.82. The Kier molecular flexibility index (Phi) is 5.88. The maximum Gasteiger partial charge on any atom is 0.237 e. The summed E-state index contributed by atoms with van der Waals surface area (Å²) in [6.45, 7) is 4.71. The van der Waals surface area contributed by atoms with Crippen LogP contribution in [-0.4, -0.2) is 25.9 Å². The molecule has 0 aliphatic rings. The third-order valence-corrected chi connectivity index (χ3v) is 5.76. The SMILES string of the molecule is Cc1ccc(NC(=O)[C@@H](C)Sc2nncn2CCc2cccs2)cc1. The summed E-state index contributed by atoms with van der Waals surface area (Å²) in [5, 5.41) is 13.7. The first-order valence-electron chi connectivity index (χ1n) is 8.06. The van der Waals surface area contributed by atoms with E-state index in [1.54, 1.807) is 17.7 Å². The lowest BCUT2D eigenvalue weighted by Gasteiger charge is -2.12. The smallest absolute Gasteiger partial charge is 0.237 e. The van der Waals surface area contributed by atoms with Crippen molar-refractivity contribution in [1.82, 2.24) is 14.8 Å². The number of thioether (sulfide) groups is 1. The number of hydrogen-bond donors (Lipinski definition) is 1. The number of carbonyl (C=O) groups excluding carboxylic acids is 1. The van der Waals surface area contributed by atoms with Gasteiger partial charge in [0.2, 0.25) is 5.91 Å². The Morgan fingerprint density at radius 1 is 1.32 bits per heavy atom. The minimum atomic E-state index is -0.258. The number of nitrogens with one attached hydrogen (secondary N) is 1. The van der Waals surface area contributed by atoms with E-state index >= 15 is 0 Å². The number of aryl methyl sites for hydroxylation is 3. The summed E-state index contributed by atoms with van der Waals surface area (Å²) in [6, 6.07) is 12.0. The van der Waals surface area contributed by atoms with E-state index in [1.807, 2.05) is 42.7 Å². The Morgan fingerprint density at radius 3 is 2.84 bits per heavy atom. The topological polar surface area (TPSA) is 59.8 Å². The summed E-state index contributed by atoms with van der Waals surface area (Å²) in [6.07, 6.45) is 2.66. The molecule has 0 aliphatic heterocycles. The molecular weight excluding hydrogens is 352 g/mol. The van der Waals surface area contributed by atoms with Crippen LogP contribution in [0.4, 0.5) is 5.69 Å². The number of nitrogens with zero attached hydrogens (tertiary/aromatic N) is 3. The van der Waals surface area contributed by atoms with Crippen LogP contribution in [0, 0.1) is 6.92 Å². The molecule has 25 heavy (non-hydrogen) atoms. The highest BCUT2D eigenvalue weighted by atomic mass is 32.2. The minimum absolute atomic E-state index is 0.0401. The van der Waals surface area contributed by atoms with Gasteiger partial charge >= 0.3 is 0 Å². The standard InChI is InChI=1S/C18H20N4OS2/c1-13-5-7-15(8-6-13)20-17(23)14(2)25-18-21-19-12-22(18)10-9-16-4-3-11-24-16/h3-8,11-12,14H,9-10H2,1-2H3,(H,20,23)/t14-/m1/s1. The van der Waals surface area contributed by atoms with Gasteiger partial charge in [-0.3, -0.25) is 4.79 Å². The number of amides is 1. The van der Waals surface area contributed by atoms with Gasteiger partial charge in [0, 0.05) is 17.1 Å². The summed E-state index contributed by atoms with van der Waals surface area (Å²) >= 11 is 3.17. The molecule has 5 nitrogen and oxygen atoms in total. The van der Waals surface area contributed by atoms with Crippen molar-refractivity contribution in [3.63, 3.8) is 0 Å². The van der Waals surface area contributed by atoms with Gasteiger partial charge in [-0.05, 0) is 43.8 Å². The van der Waals surface area contributed by atoms with Gasteiger partial charge in [0.05, 0.1) is 5.25 Å². The molecule has 0 unspecified atom stereocenters. The fraction of sp³-hybridized carbons (Fsp3) is 0.278. The molecule has 1 aromatic carbocycles. The van der Waals surface area contributed by atoms with Gasteiger partial charge in [0.15, 0.2) is 5.16 Å². The quantitative estimate of drug-likeness (QED) is 0.637. The molecule has 130 valence electrons. The molecule has 7 heteroatoms. The third-order valence-electron chi connectivity index (χ3n) is 3.73. The lowest BCUT2D eigenvalue weighted by Crippen LogP contribution is -2.23. The van der Waals surface area contributed by atoms with E-state index < -0.39 is 0 Å². The Labute approximate surface area is 155 Å². The maximum absolute atomic E-state index is 12.4. The van der Waals surface area contributed by atoms with Crippen LogP contribution in [0.15, 0.2) is 53.3 Å². The van der Waals surface area contributed by atoms with E-state index in [0.29, 0.717) is 0 Å². The first-order chi connectivity index (χ1) is 12.1. The van der Waals surface area contributed by atoms with Gasteiger partial charge in [0.25, 0.3) is 0 Å². The van der Waals surface area contributed by atoms with Crippen molar-refractivity contribution in [2.45, 2.75) is 37.2 Å². The highest BCUT2D eigenvalue weighted by Crippen LogP contribution is 2.23. The summed E-state index contributed by atoms with van der Waals surface area (Å²) in [4.78, 5) is 13.7. The minimum Gasteiger partial charge on any atom is -0.325 e. The summed E-state index contributed by atoms with van der Waals surface area (Å²) < 4.78 is 2.00. The molecular formula is C18H20N4OS2. The van der Waals surface area contributed by atoms with Gasteiger partial charge in [-0.1, -0.05) is 35.5 Å². The molecule has 3 aromatic rings. The van der Waals surface area contributed by atoms with Crippen LogP contribution in [0.3, 0.4) is 0 Å². The molecule has 2 heterocycles. The van der Waals surface area contributed by atoms with Gasteiger partial charge in [0.1, 0.15) is 6.33 Å². The van der Waals surface area contributed by atoms with Crippen molar-refractivity contribution in [3.05, 3.63) is 58.5 Å². The summed E-state index contributed by atoms with van der Waals surface area (Å²) in [5.74, 6) is -0.0401. The number of thiophene rings is 1. The molecule has 0 saturated heterocycles. The van der Waals surface area contributed by atoms with E-state index in [2.05, 4.69) is 33.0 Å². The lowest BCUT2D eigenvalue weighted by molar-refractivity contribution is -0.115. The van der Waals surface area contributed by atoms with Crippen LogP contribution in [0.1, 0.15) is 17.4 Å². The van der Waals surface area contributed by atoms with E-state index in [-0.39, 0.29) is 11.2 Å². The Bertz CT molecular complexity index is 812. The normalized spacial score (nSPS) is 12.1. The van der Waals surface area contributed by atoms with Crippen LogP contribution in [0.2, 0.25) is 0 Å². The van der Waals surface area contributed by atoms with Gasteiger partial charge in [-0.15, -0.1) is 21.5 Å². The maximum atomic E-state index is 12.4. The Morgan fingerprint density at radius 2 is 2.12 bits per heavy atom. The first kappa shape index (κ1) is 17.7. The van der Waals surface area contributed by atoms with Crippen LogP contribution in [-0.2, 0) is 17.8 Å².